The van der Waals surface area contributed by atoms with E-state index in [9.17, 15) is 0 Å². The Bertz CT molecular complexity index is 311. The van der Waals surface area contributed by atoms with E-state index in [2.05, 4.69) is 27.5 Å². The van der Waals surface area contributed by atoms with Crippen molar-refractivity contribution in [3.05, 3.63) is 16.1 Å². The van der Waals surface area contributed by atoms with Gasteiger partial charge in [0.15, 0.2) is 0 Å². The number of aromatic nitrogens is 1. The van der Waals surface area contributed by atoms with Crippen molar-refractivity contribution >= 4 is 11.3 Å². The standard InChI is InChI=1S/C11H19N3S/c1-9-8-15-11(13-9)7-14-4-3-10(6-14)5-12-2/h8,10,12H,3-7H2,1-2H3. The minimum absolute atomic E-state index is 0.830. The lowest BCUT2D eigenvalue weighted by molar-refractivity contribution is 0.315. The summed E-state index contributed by atoms with van der Waals surface area (Å²) in [6, 6.07) is 0. The molecule has 0 amide bonds. The van der Waals surface area contributed by atoms with Gasteiger partial charge in [0.2, 0.25) is 0 Å². The maximum atomic E-state index is 4.51. The van der Waals surface area contributed by atoms with Crippen molar-refractivity contribution in [1.29, 1.82) is 0 Å². The molecule has 0 bridgehead atoms. The fourth-order valence-corrected chi connectivity index (χ4v) is 2.99. The van der Waals surface area contributed by atoms with E-state index < -0.39 is 0 Å². The molecule has 84 valence electrons. The Balaban J connectivity index is 1.82. The number of likely N-dealkylation sites (tertiary alicyclic amines) is 1. The minimum atomic E-state index is 0.830. The Kier molecular flexibility index (Phi) is 3.72. The minimum Gasteiger partial charge on any atom is -0.319 e. The largest absolute Gasteiger partial charge is 0.319 e. The van der Waals surface area contributed by atoms with Crippen LogP contribution in [0.15, 0.2) is 5.38 Å². The van der Waals surface area contributed by atoms with Crippen molar-refractivity contribution in [3.8, 4) is 0 Å². The van der Waals surface area contributed by atoms with Gasteiger partial charge in [0, 0.05) is 17.6 Å². The molecule has 3 nitrogen and oxygen atoms in total. The fraction of sp³-hybridized carbons (Fsp3) is 0.727. The molecule has 1 fully saturated rings. The molecule has 4 heteroatoms. The van der Waals surface area contributed by atoms with Crippen molar-refractivity contribution < 1.29 is 0 Å². The van der Waals surface area contributed by atoms with E-state index in [1.54, 1.807) is 11.3 Å². The summed E-state index contributed by atoms with van der Waals surface area (Å²) in [7, 11) is 2.03. The normalized spacial score (nSPS) is 22.4. The number of hydrogen-bond donors (Lipinski definition) is 1. The van der Waals surface area contributed by atoms with Gasteiger partial charge in [-0.05, 0) is 39.4 Å². The van der Waals surface area contributed by atoms with Gasteiger partial charge < -0.3 is 5.32 Å². The molecule has 2 rings (SSSR count). The maximum Gasteiger partial charge on any atom is 0.107 e. The first-order valence-corrected chi connectivity index (χ1v) is 6.44. The van der Waals surface area contributed by atoms with E-state index >= 15 is 0 Å². The van der Waals surface area contributed by atoms with E-state index in [1.807, 2.05) is 7.05 Å². The third kappa shape index (κ3) is 3.00. The van der Waals surface area contributed by atoms with Crippen LogP contribution in [-0.2, 0) is 6.54 Å². The molecule has 1 aliphatic heterocycles. The summed E-state index contributed by atoms with van der Waals surface area (Å²) in [4.78, 5) is 7.02. The molecular formula is C11H19N3S. The summed E-state index contributed by atoms with van der Waals surface area (Å²) in [5.74, 6) is 0.830. The predicted octanol–water partition coefficient (Wildman–Crippen LogP) is 1.49. The van der Waals surface area contributed by atoms with Gasteiger partial charge in [-0.3, -0.25) is 4.90 Å². The molecule has 1 saturated heterocycles. The quantitative estimate of drug-likeness (QED) is 0.841. The highest BCUT2D eigenvalue weighted by Crippen LogP contribution is 2.19. The topological polar surface area (TPSA) is 28.2 Å². The van der Waals surface area contributed by atoms with Crippen LogP contribution in [0, 0.1) is 12.8 Å². The van der Waals surface area contributed by atoms with Gasteiger partial charge in [-0.25, -0.2) is 4.98 Å². The molecule has 1 aromatic rings. The summed E-state index contributed by atoms with van der Waals surface area (Å²) in [6.45, 7) is 6.70. The highest BCUT2D eigenvalue weighted by molar-refractivity contribution is 7.09. The molecule has 1 aliphatic rings. The molecule has 0 radical (unpaired) electrons. The van der Waals surface area contributed by atoms with E-state index in [1.165, 1.54) is 24.5 Å². The van der Waals surface area contributed by atoms with Crippen LogP contribution in [0.2, 0.25) is 0 Å². The molecule has 0 spiro atoms. The average Bonchev–Trinajstić information content (AvgIpc) is 2.78. The monoisotopic (exact) mass is 225 g/mol. The predicted molar refractivity (Wildman–Crippen MR) is 64.2 cm³/mol. The molecule has 0 saturated carbocycles. The van der Waals surface area contributed by atoms with Crippen LogP contribution in [0.5, 0.6) is 0 Å². The lowest BCUT2D eigenvalue weighted by Gasteiger charge is -2.13. The Labute approximate surface area is 95.5 Å². The average molecular weight is 225 g/mol. The smallest absolute Gasteiger partial charge is 0.107 e. The van der Waals surface area contributed by atoms with Gasteiger partial charge in [-0.1, -0.05) is 0 Å². The second kappa shape index (κ2) is 5.05. The van der Waals surface area contributed by atoms with Crippen molar-refractivity contribution in [2.24, 2.45) is 5.92 Å². The molecular weight excluding hydrogens is 206 g/mol. The fourth-order valence-electron chi connectivity index (χ4n) is 2.18. The molecule has 1 unspecified atom stereocenters. The van der Waals surface area contributed by atoms with Crippen molar-refractivity contribution in [1.82, 2.24) is 15.2 Å². The third-order valence-corrected chi connectivity index (χ3v) is 3.84. The second-order valence-electron chi connectivity index (χ2n) is 4.33. The van der Waals surface area contributed by atoms with Crippen LogP contribution in [0.25, 0.3) is 0 Å². The lowest BCUT2D eigenvalue weighted by Crippen LogP contribution is -2.24. The number of thiazole rings is 1. The third-order valence-electron chi connectivity index (χ3n) is 2.89. The number of nitrogens with one attached hydrogen (secondary N) is 1. The van der Waals surface area contributed by atoms with Gasteiger partial charge in [0.25, 0.3) is 0 Å². The first-order valence-electron chi connectivity index (χ1n) is 5.56. The Hall–Kier alpha value is -0.450. The number of nitrogens with zero attached hydrogens (tertiary/aromatic N) is 2. The van der Waals surface area contributed by atoms with Gasteiger partial charge in [0.1, 0.15) is 5.01 Å². The van der Waals surface area contributed by atoms with Gasteiger partial charge in [-0.15, -0.1) is 11.3 Å². The maximum absolute atomic E-state index is 4.51. The van der Waals surface area contributed by atoms with Crippen LogP contribution < -0.4 is 5.32 Å². The highest BCUT2D eigenvalue weighted by atomic mass is 32.1. The lowest BCUT2D eigenvalue weighted by atomic mass is 10.1. The Morgan fingerprint density at radius 2 is 2.53 bits per heavy atom. The number of rotatable bonds is 4. The summed E-state index contributed by atoms with van der Waals surface area (Å²) < 4.78 is 0. The molecule has 1 atom stereocenters. The zero-order chi connectivity index (χ0) is 10.7. The zero-order valence-electron chi connectivity index (χ0n) is 9.49. The molecule has 1 aromatic heterocycles. The second-order valence-corrected chi connectivity index (χ2v) is 5.27. The van der Waals surface area contributed by atoms with Crippen LogP contribution in [-0.4, -0.2) is 36.6 Å². The summed E-state index contributed by atoms with van der Waals surface area (Å²) in [6.07, 6.45) is 1.32. The zero-order valence-corrected chi connectivity index (χ0v) is 10.3. The molecule has 0 aromatic carbocycles. The van der Waals surface area contributed by atoms with Gasteiger partial charge in [-0.2, -0.15) is 0 Å². The van der Waals surface area contributed by atoms with E-state index in [-0.39, 0.29) is 0 Å². The molecule has 0 aliphatic carbocycles. The van der Waals surface area contributed by atoms with Gasteiger partial charge in [0.05, 0.1) is 6.54 Å². The number of hydrogen-bond acceptors (Lipinski definition) is 4. The Morgan fingerprint density at radius 3 is 3.20 bits per heavy atom. The van der Waals surface area contributed by atoms with Crippen LogP contribution in [0.4, 0.5) is 0 Å². The van der Waals surface area contributed by atoms with Gasteiger partial charge >= 0.3 is 0 Å². The van der Waals surface area contributed by atoms with Crippen molar-refractivity contribution in [2.45, 2.75) is 19.9 Å². The molecule has 2 heterocycles. The van der Waals surface area contributed by atoms with E-state index in [4.69, 9.17) is 0 Å². The van der Waals surface area contributed by atoms with Crippen LogP contribution in [0.3, 0.4) is 0 Å². The van der Waals surface area contributed by atoms with E-state index in [0.717, 1.165) is 24.7 Å². The highest BCUT2D eigenvalue weighted by Gasteiger charge is 2.22. The van der Waals surface area contributed by atoms with Crippen molar-refractivity contribution in [3.63, 3.8) is 0 Å². The Morgan fingerprint density at radius 1 is 1.67 bits per heavy atom. The molecule has 1 N–H and O–H groups in total. The van der Waals surface area contributed by atoms with Crippen molar-refractivity contribution in [2.75, 3.05) is 26.7 Å². The summed E-state index contributed by atoms with van der Waals surface area (Å²) >= 11 is 1.78. The first kappa shape index (κ1) is 11.0. The van der Waals surface area contributed by atoms with E-state index in [0.29, 0.717) is 0 Å². The van der Waals surface area contributed by atoms with Crippen LogP contribution >= 0.6 is 11.3 Å². The summed E-state index contributed by atoms with van der Waals surface area (Å²) in [5.41, 5.74) is 1.15. The summed E-state index contributed by atoms with van der Waals surface area (Å²) in [5, 5.41) is 6.66. The van der Waals surface area contributed by atoms with Crippen LogP contribution in [0.1, 0.15) is 17.1 Å². The SMILES string of the molecule is CNCC1CCN(Cc2nc(C)cs2)C1. The molecule has 15 heavy (non-hydrogen) atoms. The number of aryl methyl sites for hydroxylation is 1. The first-order chi connectivity index (χ1) is 7.28.